The minimum absolute atomic E-state index is 0.178. The Morgan fingerprint density at radius 1 is 1.33 bits per heavy atom. The van der Waals surface area contributed by atoms with Gasteiger partial charge in [0.15, 0.2) is 0 Å². The molecule has 1 saturated heterocycles. The Morgan fingerprint density at radius 3 is 2.13 bits per heavy atom. The molecule has 0 unspecified atom stereocenters. The Bertz CT molecular complexity index is 246. The second kappa shape index (κ2) is 3.96. The van der Waals surface area contributed by atoms with Gasteiger partial charge in [-0.15, -0.1) is 0 Å². The third-order valence-electron chi connectivity index (χ3n) is 2.43. The summed E-state index contributed by atoms with van der Waals surface area (Å²) in [5.74, 6) is -1.59. The summed E-state index contributed by atoms with van der Waals surface area (Å²) in [6.45, 7) is -1.46. The highest BCUT2D eigenvalue weighted by Crippen LogP contribution is 2.28. The first-order valence-electron chi connectivity index (χ1n) is 4.44. The van der Waals surface area contributed by atoms with Crippen LogP contribution >= 0.6 is 0 Å². The molecule has 0 aliphatic carbocycles. The number of likely N-dealkylation sites (tertiary alicyclic amines) is 1. The summed E-state index contributed by atoms with van der Waals surface area (Å²) in [5, 5.41) is 8.50. The van der Waals surface area contributed by atoms with Gasteiger partial charge >= 0.3 is 12.1 Å². The standard InChI is InChI=1S/C8H11F4NO2/c9-7(6(14)15)1-3-13(4-2-7)5-8(10,11)12/h1-5H2,(H,14,15). The lowest BCUT2D eigenvalue weighted by molar-refractivity contribution is -0.162. The van der Waals surface area contributed by atoms with Crippen LogP contribution in [0.1, 0.15) is 12.8 Å². The number of hydrogen-bond donors (Lipinski definition) is 1. The lowest BCUT2D eigenvalue weighted by atomic mass is 9.93. The topological polar surface area (TPSA) is 40.5 Å². The average Bonchev–Trinajstić information content (AvgIpc) is 2.07. The largest absolute Gasteiger partial charge is 0.479 e. The van der Waals surface area contributed by atoms with Crippen molar-refractivity contribution in [3.8, 4) is 0 Å². The van der Waals surface area contributed by atoms with Gasteiger partial charge in [0.05, 0.1) is 6.54 Å². The molecule has 1 aliphatic heterocycles. The van der Waals surface area contributed by atoms with E-state index >= 15 is 0 Å². The summed E-state index contributed by atoms with van der Waals surface area (Å²) in [5.41, 5.74) is -2.36. The number of nitrogens with zero attached hydrogens (tertiary/aromatic N) is 1. The monoisotopic (exact) mass is 229 g/mol. The van der Waals surface area contributed by atoms with Crippen molar-refractivity contribution in [2.45, 2.75) is 24.7 Å². The van der Waals surface area contributed by atoms with Gasteiger partial charge in [0, 0.05) is 25.9 Å². The smallest absolute Gasteiger partial charge is 0.401 e. The molecule has 1 fully saturated rings. The van der Waals surface area contributed by atoms with Crippen molar-refractivity contribution in [1.82, 2.24) is 4.90 Å². The fraction of sp³-hybridized carbons (Fsp3) is 0.875. The van der Waals surface area contributed by atoms with Crippen molar-refractivity contribution in [1.29, 1.82) is 0 Å². The van der Waals surface area contributed by atoms with Crippen LogP contribution in [0.5, 0.6) is 0 Å². The van der Waals surface area contributed by atoms with E-state index in [2.05, 4.69) is 0 Å². The Morgan fingerprint density at radius 2 is 1.80 bits per heavy atom. The molecule has 0 saturated carbocycles. The van der Waals surface area contributed by atoms with Gasteiger partial charge < -0.3 is 5.11 Å². The Hall–Kier alpha value is -0.850. The van der Waals surface area contributed by atoms with Crippen LogP contribution in [0.25, 0.3) is 0 Å². The SMILES string of the molecule is O=C(O)C1(F)CCN(CC(F)(F)F)CC1. The summed E-state index contributed by atoms with van der Waals surface area (Å²) < 4.78 is 49.2. The van der Waals surface area contributed by atoms with Gasteiger partial charge in [-0.1, -0.05) is 0 Å². The minimum Gasteiger partial charge on any atom is -0.479 e. The molecule has 0 aromatic heterocycles. The van der Waals surface area contributed by atoms with E-state index in [0.717, 1.165) is 4.90 Å². The first-order chi connectivity index (χ1) is 6.73. The van der Waals surface area contributed by atoms with Gasteiger partial charge in [0.1, 0.15) is 0 Å². The third kappa shape index (κ3) is 3.33. The average molecular weight is 229 g/mol. The van der Waals surface area contributed by atoms with E-state index in [-0.39, 0.29) is 13.1 Å². The maximum Gasteiger partial charge on any atom is 0.401 e. The molecule has 1 heterocycles. The molecule has 0 aromatic carbocycles. The van der Waals surface area contributed by atoms with E-state index in [1.807, 2.05) is 0 Å². The zero-order valence-electron chi connectivity index (χ0n) is 7.85. The van der Waals surface area contributed by atoms with E-state index in [1.165, 1.54) is 0 Å². The Kier molecular flexibility index (Phi) is 3.22. The fourth-order valence-corrected chi connectivity index (χ4v) is 1.53. The number of alkyl halides is 4. The Labute approximate surface area is 83.7 Å². The molecule has 15 heavy (non-hydrogen) atoms. The van der Waals surface area contributed by atoms with Crippen molar-refractivity contribution >= 4 is 5.97 Å². The van der Waals surface area contributed by atoms with Crippen LogP contribution in [0, 0.1) is 0 Å². The zero-order chi connectivity index (χ0) is 11.7. The third-order valence-corrected chi connectivity index (χ3v) is 2.43. The molecule has 0 amide bonds. The Balaban J connectivity index is 2.46. The first kappa shape index (κ1) is 12.2. The quantitative estimate of drug-likeness (QED) is 0.728. The highest BCUT2D eigenvalue weighted by molar-refractivity contribution is 5.77. The fourth-order valence-electron chi connectivity index (χ4n) is 1.53. The summed E-state index contributed by atoms with van der Waals surface area (Å²) in [6, 6.07) is 0. The number of carboxylic acids is 1. The van der Waals surface area contributed by atoms with Gasteiger partial charge in [-0.25, -0.2) is 9.18 Å². The van der Waals surface area contributed by atoms with Crippen LogP contribution < -0.4 is 0 Å². The van der Waals surface area contributed by atoms with Crippen molar-refractivity contribution < 1.29 is 27.5 Å². The molecule has 0 bridgehead atoms. The lowest BCUT2D eigenvalue weighted by Gasteiger charge is -2.33. The van der Waals surface area contributed by atoms with Gasteiger partial charge in [-0.2, -0.15) is 13.2 Å². The van der Waals surface area contributed by atoms with Gasteiger partial charge in [0.25, 0.3) is 0 Å². The summed E-state index contributed by atoms with van der Waals surface area (Å²) in [6.07, 6.45) is -5.10. The van der Waals surface area contributed by atoms with Gasteiger partial charge in [-0.05, 0) is 0 Å². The molecule has 1 rings (SSSR count). The van der Waals surface area contributed by atoms with Crippen molar-refractivity contribution in [3.63, 3.8) is 0 Å². The van der Waals surface area contributed by atoms with E-state index < -0.39 is 37.2 Å². The van der Waals surface area contributed by atoms with Crippen LogP contribution in [0.15, 0.2) is 0 Å². The van der Waals surface area contributed by atoms with Crippen LogP contribution in [-0.4, -0.2) is 47.5 Å². The number of halogens is 4. The second-order valence-electron chi connectivity index (χ2n) is 3.66. The number of carbonyl (C=O) groups is 1. The number of piperidine rings is 1. The molecule has 1 aliphatic rings. The van der Waals surface area contributed by atoms with Gasteiger partial charge in [-0.3, -0.25) is 4.90 Å². The molecule has 7 heteroatoms. The molecular formula is C8H11F4NO2. The normalized spacial score (nSPS) is 22.7. The van der Waals surface area contributed by atoms with E-state index in [0.29, 0.717) is 0 Å². The minimum atomic E-state index is -4.32. The molecular weight excluding hydrogens is 218 g/mol. The summed E-state index contributed by atoms with van der Waals surface area (Å²) >= 11 is 0. The highest BCUT2D eigenvalue weighted by Gasteiger charge is 2.43. The number of hydrogen-bond acceptors (Lipinski definition) is 2. The molecule has 0 spiro atoms. The number of aliphatic carboxylic acids is 1. The molecule has 0 radical (unpaired) electrons. The van der Waals surface area contributed by atoms with E-state index in [9.17, 15) is 22.4 Å². The molecule has 3 nitrogen and oxygen atoms in total. The van der Waals surface area contributed by atoms with Crippen molar-refractivity contribution in [3.05, 3.63) is 0 Å². The maximum atomic E-state index is 13.4. The molecule has 0 atom stereocenters. The van der Waals surface area contributed by atoms with E-state index in [4.69, 9.17) is 5.11 Å². The van der Waals surface area contributed by atoms with Crippen LogP contribution in [0.4, 0.5) is 17.6 Å². The van der Waals surface area contributed by atoms with Crippen LogP contribution in [0.3, 0.4) is 0 Å². The van der Waals surface area contributed by atoms with Gasteiger partial charge in [0.2, 0.25) is 5.67 Å². The zero-order valence-corrected chi connectivity index (χ0v) is 7.85. The molecule has 0 aromatic rings. The lowest BCUT2D eigenvalue weighted by Crippen LogP contribution is -2.48. The molecule has 1 N–H and O–H groups in total. The van der Waals surface area contributed by atoms with Crippen LogP contribution in [0.2, 0.25) is 0 Å². The second-order valence-corrected chi connectivity index (χ2v) is 3.66. The number of carboxylic acid groups (broad SMARTS) is 1. The predicted octanol–water partition coefficient (Wildman–Crippen LogP) is 1.44. The first-order valence-corrected chi connectivity index (χ1v) is 4.44. The number of rotatable bonds is 2. The molecule has 88 valence electrons. The maximum absolute atomic E-state index is 13.4. The summed E-state index contributed by atoms with van der Waals surface area (Å²) in [4.78, 5) is 11.5. The van der Waals surface area contributed by atoms with Crippen molar-refractivity contribution in [2.24, 2.45) is 0 Å². The van der Waals surface area contributed by atoms with Crippen LogP contribution in [-0.2, 0) is 4.79 Å². The summed E-state index contributed by atoms with van der Waals surface area (Å²) in [7, 11) is 0. The highest BCUT2D eigenvalue weighted by atomic mass is 19.4. The predicted molar refractivity (Wildman–Crippen MR) is 43.2 cm³/mol. The van der Waals surface area contributed by atoms with Crippen molar-refractivity contribution in [2.75, 3.05) is 19.6 Å². The van der Waals surface area contributed by atoms with E-state index in [1.54, 1.807) is 0 Å².